The van der Waals surface area contributed by atoms with E-state index < -0.39 is 0 Å². The zero-order valence-corrected chi connectivity index (χ0v) is 18.6. The van der Waals surface area contributed by atoms with Gasteiger partial charge in [0.2, 0.25) is 5.91 Å². The number of hydrogen-bond donors (Lipinski definition) is 1. The molecular formula is C24H35N5O2. The number of hydrogen-bond acceptors (Lipinski definition) is 4. The molecule has 0 radical (unpaired) electrons. The van der Waals surface area contributed by atoms with E-state index >= 15 is 0 Å². The van der Waals surface area contributed by atoms with Crippen LogP contribution in [0.2, 0.25) is 0 Å². The number of rotatable bonds is 5. The molecule has 1 aromatic rings. The molecule has 1 N–H and O–H groups in total. The van der Waals surface area contributed by atoms with Crippen molar-refractivity contribution in [3.05, 3.63) is 42.0 Å². The number of morpholine rings is 1. The molecule has 3 heterocycles. The van der Waals surface area contributed by atoms with Gasteiger partial charge in [-0.1, -0.05) is 24.3 Å². The Balaban J connectivity index is 1.34. The first-order valence-corrected chi connectivity index (χ1v) is 11.6. The second-order valence-corrected chi connectivity index (χ2v) is 8.42. The average molecular weight is 426 g/mol. The van der Waals surface area contributed by atoms with Crippen molar-refractivity contribution in [2.75, 3.05) is 63.9 Å². The maximum absolute atomic E-state index is 12.8. The summed E-state index contributed by atoms with van der Waals surface area (Å²) in [5.41, 5.74) is 2.47. The third-order valence-electron chi connectivity index (χ3n) is 6.31. The lowest BCUT2D eigenvalue weighted by atomic mass is 9.95. The Morgan fingerprint density at radius 3 is 2.55 bits per heavy atom. The molecule has 3 aliphatic rings. The highest BCUT2D eigenvalue weighted by molar-refractivity contribution is 5.82. The van der Waals surface area contributed by atoms with E-state index in [1.807, 2.05) is 4.90 Å². The minimum absolute atomic E-state index is 0.128. The molecule has 0 atom stereocenters. The van der Waals surface area contributed by atoms with E-state index in [1.165, 1.54) is 11.3 Å². The fourth-order valence-corrected chi connectivity index (χ4v) is 4.51. The van der Waals surface area contributed by atoms with Crippen molar-refractivity contribution in [3.63, 3.8) is 0 Å². The fraction of sp³-hybridized carbons (Fsp3) is 0.583. The number of benzene rings is 1. The van der Waals surface area contributed by atoms with Gasteiger partial charge in [0.1, 0.15) is 0 Å². The molecule has 31 heavy (non-hydrogen) atoms. The minimum atomic E-state index is 0.128. The molecule has 0 spiro atoms. The number of anilines is 1. The van der Waals surface area contributed by atoms with Crippen LogP contribution in [0.5, 0.6) is 0 Å². The number of likely N-dealkylation sites (tertiary alicyclic amines) is 1. The number of ether oxygens (including phenoxy) is 1. The van der Waals surface area contributed by atoms with Crippen molar-refractivity contribution in [2.45, 2.75) is 26.3 Å². The van der Waals surface area contributed by atoms with Gasteiger partial charge in [-0.05, 0) is 37.5 Å². The van der Waals surface area contributed by atoms with Gasteiger partial charge in [0, 0.05) is 57.4 Å². The Kier molecular flexibility index (Phi) is 7.46. The summed E-state index contributed by atoms with van der Waals surface area (Å²) in [5.74, 6) is 1.38. The average Bonchev–Trinajstić information content (AvgIpc) is 3.37. The Morgan fingerprint density at radius 1 is 1.10 bits per heavy atom. The molecule has 168 valence electrons. The van der Waals surface area contributed by atoms with Crippen molar-refractivity contribution >= 4 is 17.6 Å². The van der Waals surface area contributed by atoms with E-state index in [0.29, 0.717) is 25.7 Å². The molecule has 4 rings (SSSR count). The predicted octanol–water partition coefficient (Wildman–Crippen LogP) is 2.10. The summed E-state index contributed by atoms with van der Waals surface area (Å²) in [4.78, 5) is 24.4. The van der Waals surface area contributed by atoms with E-state index in [2.05, 4.69) is 58.5 Å². The summed E-state index contributed by atoms with van der Waals surface area (Å²) in [6.45, 7) is 10.1. The number of guanidine groups is 1. The summed E-state index contributed by atoms with van der Waals surface area (Å²) in [6.07, 6.45) is 6.19. The maximum Gasteiger partial charge on any atom is 0.225 e. The van der Waals surface area contributed by atoms with Gasteiger partial charge in [0.05, 0.1) is 19.8 Å². The van der Waals surface area contributed by atoms with Crippen molar-refractivity contribution in [3.8, 4) is 0 Å². The molecule has 0 bridgehead atoms. The third kappa shape index (κ3) is 5.58. The van der Waals surface area contributed by atoms with Crippen molar-refractivity contribution in [2.24, 2.45) is 10.9 Å². The molecule has 0 aliphatic carbocycles. The number of nitrogens with zero attached hydrogens (tertiary/aromatic N) is 4. The molecule has 0 saturated carbocycles. The summed E-state index contributed by atoms with van der Waals surface area (Å²) in [5, 5.41) is 3.44. The zero-order valence-electron chi connectivity index (χ0n) is 18.6. The largest absolute Gasteiger partial charge is 0.378 e. The quantitative estimate of drug-likeness (QED) is 0.445. The Bertz CT molecular complexity index is 787. The highest BCUT2D eigenvalue weighted by atomic mass is 16.5. The summed E-state index contributed by atoms with van der Waals surface area (Å²) in [7, 11) is 0. The number of carbonyl (C=O) groups is 1. The number of carbonyl (C=O) groups excluding carboxylic acids is 1. The number of amides is 1. The highest BCUT2D eigenvalue weighted by Crippen LogP contribution is 2.22. The van der Waals surface area contributed by atoms with Crippen molar-refractivity contribution < 1.29 is 9.53 Å². The smallest absolute Gasteiger partial charge is 0.225 e. The molecule has 7 nitrogen and oxygen atoms in total. The monoisotopic (exact) mass is 425 g/mol. The van der Waals surface area contributed by atoms with Gasteiger partial charge < -0.3 is 24.8 Å². The van der Waals surface area contributed by atoms with Gasteiger partial charge in [0.25, 0.3) is 0 Å². The molecule has 3 aliphatic heterocycles. The third-order valence-corrected chi connectivity index (χ3v) is 6.31. The minimum Gasteiger partial charge on any atom is -0.378 e. The van der Waals surface area contributed by atoms with Crippen LogP contribution >= 0.6 is 0 Å². The summed E-state index contributed by atoms with van der Waals surface area (Å²) in [6, 6.07) is 8.68. The lowest BCUT2D eigenvalue weighted by Gasteiger charge is -2.36. The van der Waals surface area contributed by atoms with Gasteiger partial charge >= 0.3 is 0 Å². The lowest BCUT2D eigenvalue weighted by Crippen LogP contribution is -2.50. The molecule has 0 unspecified atom stereocenters. The van der Waals surface area contributed by atoms with E-state index in [0.717, 1.165) is 64.6 Å². The molecule has 7 heteroatoms. The first-order chi connectivity index (χ1) is 15.2. The SMILES string of the molecule is CCNC(=NCc1cccc(N2CC=CC2)c1)N1CCC(C(=O)N2CCOCC2)CC1. The van der Waals surface area contributed by atoms with Crippen molar-refractivity contribution in [1.82, 2.24) is 15.1 Å². The molecule has 2 saturated heterocycles. The highest BCUT2D eigenvalue weighted by Gasteiger charge is 2.30. The molecule has 2 fully saturated rings. The Morgan fingerprint density at radius 2 is 1.84 bits per heavy atom. The maximum atomic E-state index is 12.8. The fourth-order valence-electron chi connectivity index (χ4n) is 4.51. The Labute approximate surface area is 185 Å². The van der Waals surface area contributed by atoms with Crippen LogP contribution < -0.4 is 10.2 Å². The van der Waals surface area contributed by atoms with Gasteiger partial charge in [-0.15, -0.1) is 0 Å². The normalized spacial score (nSPS) is 20.4. The topological polar surface area (TPSA) is 60.4 Å². The van der Waals surface area contributed by atoms with Gasteiger partial charge in [-0.25, -0.2) is 4.99 Å². The molecule has 1 aromatic carbocycles. The van der Waals surface area contributed by atoms with E-state index in [4.69, 9.17) is 9.73 Å². The summed E-state index contributed by atoms with van der Waals surface area (Å²) >= 11 is 0. The molecule has 0 aromatic heterocycles. The predicted molar refractivity (Wildman–Crippen MR) is 124 cm³/mol. The van der Waals surface area contributed by atoms with Crippen LogP contribution in [-0.2, 0) is 16.1 Å². The number of piperidine rings is 1. The van der Waals surface area contributed by atoms with Crippen LogP contribution in [0, 0.1) is 5.92 Å². The van der Waals surface area contributed by atoms with Crippen molar-refractivity contribution in [1.29, 1.82) is 0 Å². The van der Waals surface area contributed by atoms with Crippen LogP contribution in [0.4, 0.5) is 5.69 Å². The first-order valence-electron chi connectivity index (χ1n) is 11.6. The molecule has 1 amide bonds. The lowest BCUT2D eigenvalue weighted by molar-refractivity contribution is -0.140. The number of aliphatic imine (C=N–C) groups is 1. The van der Waals surface area contributed by atoms with Crippen LogP contribution in [0.25, 0.3) is 0 Å². The first kappa shape index (κ1) is 21.7. The van der Waals surface area contributed by atoms with E-state index in [-0.39, 0.29) is 5.92 Å². The van der Waals surface area contributed by atoms with Gasteiger partial charge in [0.15, 0.2) is 5.96 Å². The van der Waals surface area contributed by atoms with E-state index in [9.17, 15) is 4.79 Å². The number of nitrogens with one attached hydrogen (secondary N) is 1. The van der Waals surface area contributed by atoms with Crippen LogP contribution in [0.15, 0.2) is 41.4 Å². The van der Waals surface area contributed by atoms with E-state index in [1.54, 1.807) is 0 Å². The van der Waals surface area contributed by atoms with Crippen LogP contribution in [-0.4, -0.2) is 80.7 Å². The van der Waals surface area contributed by atoms with Crippen LogP contribution in [0.1, 0.15) is 25.3 Å². The summed E-state index contributed by atoms with van der Waals surface area (Å²) < 4.78 is 5.38. The zero-order chi connectivity index (χ0) is 21.5. The Hall–Kier alpha value is -2.54. The van der Waals surface area contributed by atoms with Gasteiger partial charge in [-0.3, -0.25) is 4.79 Å². The van der Waals surface area contributed by atoms with Gasteiger partial charge in [-0.2, -0.15) is 0 Å². The standard InChI is InChI=1S/C24H35N5O2/c1-2-25-24(26-19-20-6-5-7-22(18-20)27-10-3-4-11-27)29-12-8-21(9-13-29)23(30)28-14-16-31-17-15-28/h3-7,18,21H,2,8-17,19H2,1H3,(H,25,26). The van der Waals surface area contributed by atoms with Crippen LogP contribution in [0.3, 0.4) is 0 Å². The second-order valence-electron chi connectivity index (χ2n) is 8.42. The molecular weight excluding hydrogens is 390 g/mol. The second kappa shape index (κ2) is 10.7.